The highest BCUT2D eigenvalue weighted by Gasteiger charge is 2.29. The van der Waals surface area contributed by atoms with Crippen LogP contribution in [0.4, 0.5) is 5.69 Å². The maximum Gasteiger partial charge on any atom is 0.257 e. The number of methoxy groups -OCH3 is 1. The van der Waals surface area contributed by atoms with Crippen molar-refractivity contribution in [1.82, 2.24) is 14.8 Å². The number of carbonyl (C=O) groups is 2. The monoisotopic (exact) mass is 500 g/mol. The van der Waals surface area contributed by atoms with E-state index < -0.39 is 0 Å². The Bertz CT molecular complexity index is 1010. The minimum Gasteiger partial charge on any atom is -0.491 e. The van der Waals surface area contributed by atoms with Gasteiger partial charge in [0.15, 0.2) is 0 Å². The van der Waals surface area contributed by atoms with E-state index in [1.165, 1.54) is 0 Å². The Morgan fingerprint density at radius 3 is 2.74 bits per heavy atom. The number of amides is 2. The van der Waals surface area contributed by atoms with Gasteiger partial charge in [0.05, 0.1) is 18.2 Å². The first-order chi connectivity index (χ1) is 16.9. The third-order valence-electron chi connectivity index (χ3n) is 7.14. The zero-order chi connectivity index (χ0) is 24.9. The number of likely N-dealkylation sites (N-methyl/N-ethyl adjacent to an activating group) is 1. The highest BCUT2D eigenvalue weighted by molar-refractivity contribution is 7.09. The number of aromatic nitrogens is 1. The molecule has 35 heavy (non-hydrogen) atoms. The molecule has 3 atom stereocenters. The number of thiazole rings is 1. The van der Waals surface area contributed by atoms with Crippen LogP contribution in [0.1, 0.15) is 48.5 Å². The highest BCUT2D eigenvalue weighted by atomic mass is 32.1. The van der Waals surface area contributed by atoms with E-state index in [2.05, 4.69) is 29.0 Å². The summed E-state index contributed by atoms with van der Waals surface area (Å²) >= 11 is 1.65. The molecule has 8 nitrogen and oxygen atoms in total. The number of nitrogens with one attached hydrogen (secondary N) is 1. The van der Waals surface area contributed by atoms with Gasteiger partial charge in [-0.2, -0.15) is 0 Å². The van der Waals surface area contributed by atoms with Crippen LogP contribution < -0.4 is 10.1 Å². The van der Waals surface area contributed by atoms with Crippen LogP contribution in [-0.4, -0.2) is 72.6 Å². The minimum atomic E-state index is -0.151. The number of rotatable bonds is 5. The summed E-state index contributed by atoms with van der Waals surface area (Å²) in [6, 6.07) is 5.43. The maximum absolute atomic E-state index is 13.5. The fourth-order valence-electron chi connectivity index (χ4n) is 4.57. The fraction of sp³-hybridized carbons (Fsp3) is 0.577. The Morgan fingerprint density at radius 2 is 2.09 bits per heavy atom. The molecule has 2 heterocycles. The molecule has 4 rings (SSSR count). The van der Waals surface area contributed by atoms with Gasteiger partial charge in [-0.05, 0) is 43.9 Å². The van der Waals surface area contributed by atoms with E-state index in [9.17, 15) is 9.59 Å². The van der Waals surface area contributed by atoms with Crippen LogP contribution in [0.25, 0.3) is 0 Å². The van der Waals surface area contributed by atoms with Gasteiger partial charge in [-0.25, -0.2) is 4.98 Å². The van der Waals surface area contributed by atoms with Crippen molar-refractivity contribution in [2.24, 2.45) is 11.8 Å². The zero-order valence-corrected chi connectivity index (χ0v) is 21.8. The maximum atomic E-state index is 13.5. The van der Waals surface area contributed by atoms with E-state index in [0.717, 1.165) is 37.4 Å². The molecule has 9 heteroatoms. The average Bonchev–Trinajstić information content (AvgIpc) is 3.31. The predicted octanol–water partition coefficient (Wildman–Crippen LogP) is 3.89. The summed E-state index contributed by atoms with van der Waals surface area (Å²) in [4.78, 5) is 34.5. The summed E-state index contributed by atoms with van der Waals surface area (Å²) in [5.41, 5.74) is 1.06. The molecule has 190 valence electrons. The molecule has 1 N–H and O–H groups in total. The molecule has 0 saturated heterocycles. The lowest BCUT2D eigenvalue weighted by Crippen LogP contribution is -2.46. The van der Waals surface area contributed by atoms with Crippen LogP contribution in [0.3, 0.4) is 0 Å². The molecule has 1 saturated carbocycles. The molecule has 0 bridgehead atoms. The number of carbonyl (C=O) groups excluding carboxylic acids is 2. The quantitative estimate of drug-likeness (QED) is 0.671. The van der Waals surface area contributed by atoms with E-state index in [-0.39, 0.29) is 35.8 Å². The summed E-state index contributed by atoms with van der Waals surface area (Å²) in [7, 11) is 3.48. The van der Waals surface area contributed by atoms with Gasteiger partial charge in [0.25, 0.3) is 5.91 Å². The SMILES string of the molecule is CO[C@H]1CN(C)C(=O)c2cc(NC(=O)C3CCC3)ccc2OC[C@H](C)N(Cc2nccs2)C[C@H]1C. The molecule has 1 aromatic carbocycles. The molecule has 1 fully saturated rings. The Balaban J connectivity index is 1.60. The first-order valence-electron chi connectivity index (χ1n) is 12.3. The fourth-order valence-corrected chi connectivity index (χ4v) is 5.21. The number of benzene rings is 1. The van der Waals surface area contributed by atoms with Crippen molar-refractivity contribution in [2.75, 3.05) is 39.2 Å². The second kappa shape index (κ2) is 11.5. The Morgan fingerprint density at radius 1 is 1.29 bits per heavy atom. The summed E-state index contributed by atoms with van der Waals surface area (Å²) in [6.07, 6.45) is 4.65. The topological polar surface area (TPSA) is 84.0 Å². The van der Waals surface area contributed by atoms with Gasteiger partial charge in [0, 0.05) is 56.5 Å². The Hall–Kier alpha value is -2.49. The van der Waals surface area contributed by atoms with Crippen LogP contribution >= 0.6 is 11.3 Å². The molecule has 1 aromatic heterocycles. The molecular weight excluding hydrogens is 464 g/mol. The van der Waals surface area contributed by atoms with Crippen molar-refractivity contribution < 1.29 is 19.1 Å². The zero-order valence-electron chi connectivity index (χ0n) is 21.0. The molecule has 1 aliphatic heterocycles. The lowest BCUT2D eigenvalue weighted by atomic mass is 9.85. The summed E-state index contributed by atoms with van der Waals surface area (Å²) in [5, 5.41) is 6.03. The van der Waals surface area contributed by atoms with E-state index in [0.29, 0.717) is 30.2 Å². The molecule has 2 amide bonds. The summed E-state index contributed by atoms with van der Waals surface area (Å²) < 4.78 is 12.1. The molecule has 2 aliphatic rings. The second-order valence-corrected chi connectivity index (χ2v) is 10.8. The standard InChI is InChI=1S/C26H36N4O4S/c1-17-13-30(15-24-27-10-11-35-24)18(2)16-34-22-9-8-20(28-25(31)19-6-5-7-19)12-21(22)26(32)29(3)14-23(17)33-4/h8-12,17-19,23H,5-7,13-16H2,1-4H3,(H,28,31)/t17-,18+,23+/m1/s1. The second-order valence-electron chi connectivity index (χ2n) is 9.78. The van der Waals surface area contributed by atoms with Gasteiger partial charge in [-0.1, -0.05) is 13.3 Å². The first-order valence-corrected chi connectivity index (χ1v) is 13.2. The van der Waals surface area contributed by atoms with Crippen LogP contribution in [-0.2, 0) is 16.1 Å². The van der Waals surface area contributed by atoms with E-state index >= 15 is 0 Å². The highest BCUT2D eigenvalue weighted by Crippen LogP contribution is 2.30. The van der Waals surface area contributed by atoms with Crippen molar-refractivity contribution in [3.8, 4) is 5.75 Å². The molecule has 1 aliphatic carbocycles. The van der Waals surface area contributed by atoms with Gasteiger partial charge >= 0.3 is 0 Å². The number of ether oxygens (including phenoxy) is 2. The van der Waals surface area contributed by atoms with Gasteiger partial charge in [-0.3, -0.25) is 14.5 Å². The van der Waals surface area contributed by atoms with Gasteiger partial charge in [-0.15, -0.1) is 11.3 Å². The number of fused-ring (bicyclic) bond motifs is 1. The van der Waals surface area contributed by atoms with Crippen LogP contribution in [0.5, 0.6) is 5.75 Å². The van der Waals surface area contributed by atoms with Gasteiger partial charge in [0.1, 0.15) is 17.4 Å². The van der Waals surface area contributed by atoms with Crippen molar-refractivity contribution in [1.29, 1.82) is 0 Å². The number of hydrogen-bond donors (Lipinski definition) is 1. The third-order valence-corrected chi connectivity index (χ3v) is 7.90. The summed E-state index contributed by atoms with van der Waals surface area (Å²) in [5.74, 6) is 0.642. The number of anilines is 1. The smallest absolute Gasteiger partial charge is 0.257 e. The Labute approximate surface area is 211 Å². The number of hydrogen-bond acceptors (Lipinski definition) is 7. The van der Waals surface area contributed by atoms with Gasteiger partial charge in [0.2, 0.25) is 5.91 Å². The summed E-state index contributed by atoms with van der Waals surface area (Å²) in [6.45, 7) is 6.69. The van der Waals surface area contributed by atoms with Crippen LogP contribution in [0.15, 0.2) is 29.8 Å². The molecule has 2 aromatic rings. The molecule has 0 spiro atoms. The van der Waals surface area contributed by atoms with Crippen LogP contribution in [0, 0.1) is 11.8 Å². The van der Waals surface area contributed by atoms with Crippen molar-refractivity contribution in [3.63, 3.8) is 0 Å². The molecule has 0 radical (unpaired) electrons. The lowest BCUT2D eigenvalue weighted by Gasteiger charge is -2.35. The lowest BCUT2D eigenvalue weighted by molar-refractivity contribution is -0.122. The molecular formula is C26H36N4O4S. The van der Waals surface area contributed by atoms with Crippen LogP contribution in [0.2, 0.25) is 0 Å². The minimum absolute atomic E-state index is 0.0193. The number of nitrogens with zero attached hydrogens (tertiary/aromatic N) is 3. The van der Waals surface area contributed by atoms with Crippen molar-refractivity contribution in [3.05, 3.63) is 40.3 Å². The van der Waals surface area contributed by atoms with E-state index in [1.807, 2.05) is 17.6 Å². The largest absolute Gasteiger partial charge is 0.491 e. The molecule has 0 unspecified atom stereocenters. The predicted molar refractivity (Wildman–Crippen MR) is 137 cm³/mol. The Kier molecular flexibility index (Phi) is 8.41. The normalized spacial score (nSPS) is 24.5. The third kappa shape index (κ3) is 6.20. The van der Waals surface area contributed by atoms with Gasteiger partial charge < -0.3 is 19.7 Å². The van der Waals surface area contributed by atoms with E-state index in [1.54, 1.807) is 42.5 Å². The first kappa shape index (κ1) is 25.6. The van der Waals surface area contributed by atoms with E-state index in [4.69, 9.17) is 9.47 Å². The van der Waals surface area contributed by atoms with Crippen molar-refractivity contribution in [2.45, 2.75) is 51.8 Å². The average molecular weight is 501 g/mol. The van der Waals surface area contributed by atoms with Crippen molar-refractivity contribution >= 4 is 28.8 Å².